The highest BCUT2D eigenvalue weighted by Crippen LogP contribution is 2.57. The van der Waals surface area contributed by atoms with E-state index in [9.17, 15) is 4.57 Å². The van der Waals surface area contributed by atoms with Gasteiger partial charge in [-0.2, -0.15) is 0 Å². The second kappa shape index (κ2) is 15.4. The Kier molecular flexibility index (Phi) is 11.5. The van der Waals surface area contributed by atoms with Crippen LogP contribution in [0.2, 0.25) is 0 Å². The Morgan fingerprint density at radius 3 is 1.57 bits per heavy atom. The summed E-state index contributed by atoms with van der Waals surface area (Å²) < 4.78 is 29.9. The maximum absolute atomic E-state index is 15.6. The number of allylic oxidation sites excluding steroid dienone is 3. The van der Waals surface area contributed by atoms with Gasteiger partial charge >= 0.3 is 0 Å². The molecule has 1 aliphatic carbocycles. The fraction of sp³-hybridized carbons (Fsp3) is 0.349. The van der Waals surface area contributed by atoms with E-state index in [1.807, 2.05) is 86.4 Å². The standard InChI is InChI=1S/C43H52O2P2/c1-6-9-11-19-30-43(31-20-12-10-7-2)41-32-37(46(5,44)34(4)21-8-3)26-28-39(41)40-29-27-38(33-42(40)43)47(45,35-22-15-13-16-23-35)36-24-17-14-18-25-36/h8,13-18,21-29,32-33H,4,6-7,9-12,19-20,30-31H2,1-3,5H3. The molecule has 246 valence electrons. The van der Waals surface area contributed by atoms with Crippen LogP contribution in [-0.2, 0) is 14.5 Å². The first-order valence-corrected chi connectivity index (χ1v) is 21.5. The third-order valence-electron chi connectivity index (χ3n) is 10.2. The molecule has 0 fully saturated rings. The normalized spacial score (nSPS) is 14.9. The van der Waals surface area contributed by atoms with Crippen molar-refractivity contribution in [2.24, 2.45) is 0 Å². The summed E-state index contributed by atoms with van der Waals surface area (Å²) in [6, 6.07) is 33.2. The summed E-state index contributed by atoms with van der Waals surface area (Å²) in [6.45, 7) is 12.6. The predicted octanol–water partition coefficient (Wildman–Crippen LogP) is 11.2. The lowest BCUT2D eigenvalue weighted by atomic mass is 9.70. The molecular weight excluding hydrogens is 610 g/mol. The van der Waals surface area contributed by atoms with Crippen molar-refractivity contribution in [1.82, 2.24) is 0 Å². The molecule has 1 aliphatic rings. The fourth-order valence-corrected chi connectivity index (χ4v) is 11.7. The smallest absolute Gasteiger partial charge is 0.171 e. The van der Waals surface area contributed by atoms with Crippen LogP contribution in [0.1, 0.15) is 96.1 Å². The maximum Gasteiger partial charge on any atom is 0.171 e. The lowest BCUT2D eigenvalue weighted by Crippen LogP contribution is -2.29. The molecule has 0 N–H and O–H groups in total. The summed E-state index contributed by atoms with van der Waals surface area (Å²) in [5.74, 6) is 0. The van der Waals surface area contributed by atoms with Crippen molar-refractivity contribution in [1.29, 1.82) is 0 Å². The highest BCUT2D eigenvalue weighted by atomic mass is 31.2. The van der Waals surface area contributed by atoms with E-state index in [1.54, 1.807) is 0 Å². The van der Waals surface area contributed by atoms with E-state index in [1.165, 1.54) is 60.8 Å². The second-order valence-electron chi connectivity index (χ2n) is 13.4. The van der Waals surface area contributed by atoms with Gasteiger partial charge in [-0.1, -0.05) is 169 Å². The molecule has 0 aromatic heterocycles. The topological polar surface area (TPSA) is 34.1 Å². The van der Waals surface area contributed by atoms with Gasteiger partial charge in [0.05, 0.1) is 0 Å². The van der Waals surface area contributed by atoms with E-state index >= 15 is 4.57 Å². The molecule has 47 heavy (non-hydrogen) atoms. The minimum atomic E-state index is -3.15. The van der Waals surface area contributed by atoms with Crippen LogP contribution in [0.25, 0.3) is 11.1 Å². The average Bonchev–Trinajstić information content (AvgIpc) is 3.37. The third kappa shape index (κ3) is 6.88. The molecule has 5 rings (SSSR count). The number of hydrogen-bond donors (Lipinski definition) is 0. The lowest BCUT2D eigenvalue weighted by molar-refractivity contribution is 0.401. The summed E-state index contributed by atoms with van der Waals surface area (Å²) in [7, 11) is -6.01. The molecule has 0 bridgehead atoms. The summed E-state index contributed by atoms with van der Waals surface area (Å²) in [4.78, 5) is 0. The quantitative estimate of drug-likeness (QED) is 0.0680. The highest BCUT2D eigenvalue weighted by molar-refractivity contribution is 7.85. The molecule has 0 saturated heterocycles. The minimum Gasteiger partial charge on any atom is -0.314 e. The van der Waals surface area contributed by atoms with Gasteiger partial charge < -0.3 is 9.13 Å². The van der Waals surface area contributed by atoms with Crippen molar-refractivity contribution in [2.45, 2.75) is 90.4 Å². The molecule has 0 radical (unpaired) electrons. The molecule has 4 aromatic rings. The Morgan fingerprint density at radius 2 is 1.11 bits per heavy atom. The van der Waals surface area contributed by atoms with Gasteiger partial charge in [0.25, 0.3) is 0 Å². The Morgan fingerprint density at radius 1 is 0.638 bits per heavy atom. The van der Waals surface area contributed by atoms with Crippen LogP contribution in [0, 0.1) is 0 Å². The van der Waals surface area contributed by atoms with Gasteiger partial charge in [-0.15, -0.1) is 0 Å². The van der Waals surface area contributed by atoms with E-state index in [2.05, 4.69) is 56.8 Å². The Hall–Kier alpha value is -3.18. The number of hydrogen-bond acceptors (Lipinski definition) is 2. The second-order valence-corrected chi connectivity index (χ2v) is 19.1. The van der Waals surface area contributed by atoms with E-state index in [-0.39, 0.29) is 5.41 Å². The molecule has 1 atom stereocenters. The van der Waals surface area contributed by atoms with Crippen LogP contribution < -0.4 is 21.2 Å². The molecule has 2 nitrogen and oxygen atoms in total. The Labute approximate surface area is 284 Å². The van der Waals surface area contributed by atoms with Crippen LogP contribution in [-0.4, -0.2) is 6.66 Å². The summed E-state index contributed by atoms with van der Waals surface area (Å²) in [5, 5.41) is 4.15. The largest absolute Gasteiger partial charge is 0.314 e. The van der Waals surface area contributed by atoms with Crippen LogP contribution in [0.5, 0.6) is 0 Å². The number of unbranched alkanes of at least 4 members (excludes halogenated alkanes) is 6. The van der Waals surface area contributed by atoms with Gasteiger partial charge in [0.1, 0.15) is 7.14 Å². The molecule has 0 heterocycles. The van der Waals surface area contributed by atoms with Crippen molar-refractivity contribution < 1.29 is 9.13 Å². The predicted molar refractivity (Wildman–Crippen MR) is 207 cm³/mol. The molecule has 0 saturated carbocycles. The van der Waals surface area contributed by atoms with Gasteiger partial charge in [0.15, 0.2) is 7.14 Å². The third-order valence-corrected chi connectivity index (χ3v) is 15.8. The van der Waals surface area contributed by atoms with Crippen molar-refractivity contribution in [3.63, 3.8) is 0 Å². The first-order valence-electron chi connectivity index (χ1n) is 17.7. The minimum absolute atomic E-state index is 0.238. The monoisotopic (exact) mass is 662 g/mol. The zero-order chi connectivity index (χ0) is 33.5. The van der Waals surface area contributed by atoms with Gasteiger partial charge in [-0.25, -0.2) is 0 Å². The van der Waals surface area contributed by atoms with E-state index in [4.69, 9.17) is 0 Å². The average molecular weight is 663 g/mol. The summed E-state index contributed by atoms with van der Waals surface area (Å²) >= 11 is 0. The van der Waals surface area contributed by atoms with E-state index in [0.29, 0.717) is 5.31 Å². The maximum atomic E-state index is 15.6. The van der Waals surface area contributed by atoms with Crippen LogP contribution in [0.3, 0.4) is 0 Å². The van der Waals surface area contributed by atoms with Crippen LogP contribution in [0.15, 0.2) is 121 Å². The fourth-order valence-electron chi connectivity index (χ4n) is 7.53. The SMILES string of the molecule is C=C(C=CC)P(C)(=O)c1ccc2c(c1)C(CCCCCC)(CCCCCC)c1cc(P(=O)(c3ccccc3)c3ccccc3)ccc1-2. The lowest BCUT2D eigenvalue weighted by Gasteiger charge is -2.34. The molecule has 1 unspecified atom stereocenters. The van der Waals surface area contributed by atoms with E-state index in [0.717, 1.165) is 46.9 Å². The van der Waals surface area contributed by atoms with Gasteiger partial charge in [-0.05, 0) is 60.8 Å². The molecule has 4 heteroatoms. The molecule has 4 aromatic carbocycles. The first kappa shape index (κ1) is 35.1. The molecule has 0 aliphatic heterocycles. The summed E-state index contributed by atoms with van der Waals surface area (Å²) in [5.41, 5.74) is 4.80. The highest BCUT2D eigenvalue weighted by Gasteiger charge is 2.44. The zero-order valence-electron chi connectivity index (χ0n) is 28.9. The van der Waals surface area contributed by atoms with Crippen molar-refractivity contribution in [2.75, 3.05) is 6.66 Å². The van der Waals surface area contributed by atoms with Crippen LogP contribution >= 0.6 is 14.3 Å². The van der Waals surface area contributed by atoms with Crippen molar-refractivity contribution >= 4 is 35.5 Å². The van der Waals surface area contributed by atoms with E-state index < -0.39 is 14.3 Å². The Balaban J connectivity index is 1.75. The molecule has 0 spiro atoms. The Bertz CT molecular complexity index is 1750. The number of rotatable bonds is 16. The van der Waals surface area contributed by atoms with Crippen molar-refractivity contribution in [3.8, 4) is 11.1 Å². The zero-order valence-corrected chi connectivity index (χ0v) is 30.7. The van der Waals surface area contributed by atoms with Gasteiger partial charge in [0, 0.05) is 31.9 Å². The van der Waals surface area contributed by atoms with Gasteiger partial charge in [0.2, 0.25) is 0 Å². The van der Waals surface area contributed by atoms with Gasteiger partial charge in [-0.3, -0.25) is 0 Å². The number of fused-ring (bicyclic) bond motifs is 3. The number of benzene rings is 4. The molecular formula is C43H52O2P2. The molecule has 0 amide bonds. The van der Waals surface area contributed by atoms with Crippen molar-refractivity contribution in [3.05, 3.63) is 132 Å². The first-order chi connectivity index (χ1) is 22.7. The van der Waals surface area contributed by atoms with Crippen LogP contribution in [0.4, 0.5) is 0 Å². The summed E-state index contributed by atoms with van der Waals surface area (Å²) in [6.07, 6.45) is 15.3.